The maximum absolute atomic E-state index is 13.8. The molecular weight excluding hydrogens is 997 g/mol. The SMILES string of the molecule is CN1CCC(Nc2cccc(C(=O)N[C@H]3CCOc4ccc(OCCCCCCOCCOCCOCCCCCC(=O)Nc5cccc6c5CN(C5CCC(=O)NC5=O)C6=O)cc43)c2)(C(=N)NC(=N)c2ccncc2)CC1. The molecule has 0 bridgehead atoms. The van der Waals surface area contributed by atoms with E-state index in [0.717, 1.165) is 74.4 Å². The third kappa shape index (κ3) is 15.7. The number of likely N-dealkylation sites (tertiary alicyclic amines) is 1. The van der Waals surface area contributed by atoms with Crippen LogP contribution < -0.4 is 36.1 Å². The first-order valence-corrected chi connectivity index (χ1v) is 27.4. The maximum Gasteiger partial charge on any atom is 0.255 e. The zero-order chi connectivity index (χ0) is 54.7. The lowest BCUT2D eigenvalue weighted by molar-refractivity contribution is -0.137. The van der Waals surface area contributed by atoms with Gasteiger partial charge in [0.1, 0.15) is 29.2 Å². The van der Waals surface area contributed by atoms with Crippen LogP contribution in [0.4, 0.5) is 11.4 Å². The quantitative estimate of drug-likeness (QED) is 0.0134. The molecule has 5 amide bonds. The van der Waals surface area contributed by atoms with Crippen molar-refractivity contribution in [2.45, 2.75) is 108 Å². The molecule has 0 spiro atoms. The van der Waals surface area contributed by atoms with E-state index in [9.17, 15) is 24.0 Å². The summed E-state index contributed by atoms with van der Waals surface area (Å²) in [6.45, 7) is 6.00. The predicted molar refractivity (Wildman–Crippen MR) is 294 cm³/mol. The molecule has 7 N–H and O–H groups in total. The largest absolute Gasteiger partial charge is 0.494 e. The van der Waals surface area contributed by atoms with Crippen molar-refractivity contribution >= 4 is 52.6 Å². The zero-order valence-electron chi connectivity index (χ0n) is 44.6. The number of hydrogen-bond acceptors (Lipinski definition) is 15. The standard InChI is InChI=1S/C58H74N10O10/c1-67-27-23-58(24-28-67,57(60)65-53(59)40-20-25-61-26-21-40)66-42-12-9-11-41(37-42)54(71)63-48-22-32-78-50-18-16-43(38-45(48)50)77-31-8-3-2-6-29-74-33-35-76-36-34-75-30-7-4-5-15-51(69)62-47-14-10-13-44-46(47)39-68(56(44)73)49-17-19-52(70)64-55(49)72/h9-14,16,18,20-21,25-26,37-38,48-49,66H,2-8,15,17,19,22-24,27-36,39H2,1H3,(H,62,69)(H,63,71)(H3,59,60,65)(H,64,70,72)/t48-,49?/m0/s1. The third-order valence-corrected chi connectivity index (χ3v) is 14.6. The van der Waals surface area contributed by atoms with Gasteiger partial charge in [-0.3, -0.25) is 45.1 Å². The topological polar surface area (TPSA) is 259 Å². The van der Waals surface area contributed by atoms with Crippen LogP contribution in [0.2, 0.25) is 0 Å². The molecule has 0 radical (unpaired) electrons. The Kier molecular flexibility index (Phi) is 20.7. The number of amides is 5. The third-order valence-electron chi connectivity index (χ3n) is 14.6. The minimum absolute atomic E-state index is 0.129. The summed E-state index contributed by atoms with van der Waals surface area (Å²) in [6.07, 6.45) is 12.2. The fourth-order valence-corrected chi connectivity index (χ4v) is 10.1. The molecule has 4 aliphatic rings. The number of ether oxygens (including phenoxy) is 5. The number of hydrogen-bond donors (Lipinski definition) is 7. The van der Waals surface area contributed by atoms with Crippen LogP contribution in [0, 0.1) is 10.8 Å². The van der Waals surface area contributed by atoms with Gasteiger partial charge in [0.25, 0.3) is 11.8 Å². The smallest absolute Gasteiger partial charge is 0.255 e. The van der Waals surface area contributed by atoms with E-state index in [0.29, 0.717) is 113 Å². The number of imide groups is 1. The van der Waals surface area contributed by atoms with Crippen LogP contribution in [0.25, 0.3) is 0 Å². The Labute approximate surface area is 456 Å². The van der Waals surface area contributed by atoms with Crippen LogP contribution in [0.15, 0.2) is 85.2 Å². The summed E-state index contributed by atoms with van der Waals surface area (Å²) in [5.41, 5.74) is 3.69. The van der Waals surface area contributed by atoms with E-state index in [-0.39, 0.29) is 60.7 Å². The number of nitrogens with one attached hydrogen (secondary N) is 7. The summed E-state index contributed by atoms with van der Waals surface area (Å²) in [7, 11) is 2.06. The maximum atomic E-state index is 13.8. The van der Waals surface area contributed by atoms with Crippen LogP contribution in [-0.2, 0) is 35.1 Å². The second kappa shape index (κ2) is 28.4. The van der Waals surface area contributed by atoms with Gasteiger partial charge in [-0.2, -0.15) is 0 Å². The summed E-state index contributed by atoms with van der Waals surface area (Å²) < 4.78 is 29.2. The highest BCUT2D eigenvalue weighted by Gasteiger charge is 2.41. The molecular formula is C58H74N10O10. The molecule has 2 atom stereocenters. The minimum Gasteiger partial charge on any atom is -0.494 e. The van der Waals surface area contributed by atoms with Gasteiger partial charge < -0.3 is 54.8 Å². The highest BCUT2D eigenvalue weighted by atomic mass is 16.5. The molecule has 0 saturated carbocycles. The Balaban J connectivity index is 0.642. The van der Waals surface area contributed by atoms with Crippen molar-refractivity contribution in [1.29, 1.82) is 10.8 Å². The summed E-state index contributed by atoms with van der Waals surface area (Å²) in [5.74, 6) is 0.360. The molecule has 78 heavy (non-hydrogen) atoms. The fourth-order valence-electron chi connectivity index (χ4n) is 10.1. The summed E-state index contributed by atoms with van der Waals surface area (Å²) in [5, 5.41) is 32.8. The van der Waals surface area contributed by atoms with Crippen molar-refractivity contribution in [3.05, 3.63) is 113 Å². The van der Waals surface area contributed by atoms with Crippen molar-refractivity contribution in [3.8, 4) is 11.5 Å². The Bertz CT molecular complexity index is 2730. The Morgan fingerprint density at radius 2 is 1.50 bits per heavy atom. The molecule has 2 fully saturated rings. The lowest BCUT2D eigenvalue weighted by Gasteiger charge is -2.42. The predicted octanol–water partition coefficient (Wildman–Crippen LogP) is 6.75. The molecule has 2 saturated heterocycles. The number of anilines is 2. The molecule has 0 aliphatic carbocycles. The van der Waals surface area contributed by atoms with Crippen molar-refractivity contribution < 1.29 is 47.7 Å². The Morgan fingerprint density at radius 3 is 2.24 bits per heavy atom. The van der Waals surface area contributed by atoms with Crippen LogP contribution >= 0.6 is 0 Å². The number of amidine groups is 2. The number of nitrogens with zero attached hydrogens (tertiary/aromatic N) is 3. The summed E-state index contributed by atoms with van der Waals surface area (Å²) in [4.78, 5) is 71.4. The second-order valence-corrected chi connectivity index (χ2v) is 20.3. The molecule has 4 aliphatic heterocycles. The normalized spacial score (nSPS) is 17.8. The zero-order valence-corrected chi connectivity index (χ0v) is 44.6. The number of fused-ring (bicyclic) bond motifs is 2. The average molecular weight is 1070 g/mol. The summed E-state index contributed by atoms with van der Waals surface area (Å²) in [6, 6.07) is 20.8. The molecule has 1 aromatic heterocycles. The van der Waals surface area contributed by atoms with E-state index >= 15 is 0 Å². The van der Waals surface area contributed by atoms with Crippen molar-refractivity contribution in [3.63, 3.8) is 0 Å². The van der Waals surface area contributed by atoms with E-state index in [4.69, 9.17) is 34.5 Å². The Hall–Kier alpha value is -7.26. The molecule has 8 rings (SSSR count). The van der Waals surface area contributed by atoms with Gasteiger partial charge in [-0.05, 0) is 119 Å². The van der Waals surface area contributed by atoms with Gasteiger partial charge in [0.05, 0.1) is 51.2 Å². The number of piperidine rings is 2. The van der Waals surface area contributed by atoms with Gasteiger partial charge in [0.2, 0.25) is 17.7 Å². The fraction of sp³-hybridized carbons (Fsp3) is 0.483. The molecule has 3 aromatic carbocycles. The van der Waals surface area contributed by atoms with E-state index in [1.54, 1.807) is 48.8 Å². The van der Waals surface area contributed by atoms with Gasteiger partial charge in [-0.25, -0.2) is 0 Å². The number of unbranched alkanes of at least 4 members (excludes halogenated alkanes) is 5. The van der Waals surface area contributed by atoms with Gasteiger partial charge in [-0.1, -0.05) is 25.0 Å². The van der Waals surface area contributed by atoms with Crippen molar-refractivity contribution in [2.75, 3.05) is 83.6 Å². The Morgan fingerprint density at radius 1 is 0.795 bits per heavy atom. The van der Waals surface area contributed by atoms with Gasteiger partial charge in [0, 0.05) is 104 Å². The van der Waals surface area contributed by atoms with Crippen LogP contribution in [0.1, 0.15) is 127 Å². The highest BCUT2D eigenvalue weighted by Crippen LogP contribution is 2.36. The van der Waals surface area contributed by atoms with Gasteiger partial charge in [-0.15, -0.1) is 0 Å². The highest BCUT2D eigenvalue weighted by molar-refractivity contribution is 6.10. The van der Waals surface area contributed by atoms with Crippen LogP contribution in [0.3, 0.4) is 0 Å². The number of rotatable bonds is 28. The number of carbonyl (C=O) groups is 5. The first kappa shape index (κ1) is 56.9. The molecule has 4 aromatic rings. The van der Waals surface area contributed by atoms with Crippen molar-refractivity contribution in [2.24, 2.45) is 0 Å². The average Bonchev–Trinajstić information content (AvgIpc) is 3.95. The first-order valence-electron chi connectivity index (χ1n) is 27.4. The van der Waals surface area contributed by atoms with Crippen LogP contribution in [0.5, 0.6) is 11.5 Å². The lowest BCUT2D eigenvalue weighted by Crippen LogP contribution is -2.58. The molecule has 416 valence electrons. The lowest BCUT2D eigenvalue weighted by atomic mass is 9.85. The number of carbonyl (C=O) groups excluding carboxylic acids is 5. The van der Waals surface area contributed by atoms with Gasteiger partial charge in [0.15, 0.2) is 0 Å². The first-order chi connectivity index (χ1) is 38.0. The van der Waals surface area contributed by atoms with Crippen LogP contribution in [-0.4, -0.2) is 141 Å². The van der Waals surface area contributed by atoms with Gasteiger partial charge >= 0.3 is 0 Å². The number of pyridine rings is 1. The van der Waals surface area contributed by atoms with E-state index < -0.39 is 17.5 Å². The molecule has 5 heterocycles. The number of benzene rings is 3. The second-order valence-electron chi connectivity index (χ2n) is 20.3. The minimum atomic E-state index is -0.756. The molecule has 1 unspecified atom stereocenters. The monoisotopic (exact) mass is 1070 g/mol. The van der Waals surface area contributed by atoms with E-state index in [2.05, 4.69) is 43.5 Å². The van der Waals surface area contributed by atoms with Crippen molar-refractivity contribution in [1.82, 2.24) is 30.7 Å². The number of aromatic nitrogens is 1. The summed E-state index contributed by atoms with van der Waals surface area (Å²) >= 11 is 0. The van der Waals surface area contributed by atoms with E-state index in [1.807, 2.05) is 36.4 Å². The van der Waals surface area contributed by atoms with E-state index in [1.165, 1.54) is 4.90 Å². The molecule has 20 nitrogen and oxygen atoms in total. The molecule has 20 heteroatoms.